The van der Waals surface area contributed by atoms with E-state index in [1.807, 2.05) is 36.4 Å². The van der Waals surface area contributed by atoms with Gasteiger partial charge in [0.05, 0.1) is 30.5 Å². The molecule has 2 aliphatic rings. The lowest BCUT2D eigenvalue weighted by Gasteiger charge is -2.22. The summed E-state index contributed by atoms with van der Waals surface area (Å²) in [6.07, 6.45) is 0.655. The molecule has 0 aromatic heterocycles. The number of carbonyl (C=O) groups excluding carboxylic acids is 1. The average molecular weight is 439 g/mol. The van der Waals surface area contributed by atoms with Gasteiger partial charge >= 0.3 is 0 Å². The van der Waals surface area contributed by atoms with Crippen LogP contribution in [0.2, 0.25) is 5.02 Å². The SMILES string of the molecule is O=C1N(CCCOc2ccccc2Cl)c2ccc(Br)cc2C12OCCO2. The first-order chi connectivity index (χ1) is 12.6. The van der Waals surface area contributed by atoms with Gasteiger partial charge in [0.15, 0.2) is 0 Å². The van der Waals surface area contributed by atoms with Crippen molar-refractivity contribution in [2.24, 2.45) is 0 Å². The van der Waals surface area contributed by atoms with Crippen molar-refractivity contribution in [2.45, 2.75) is 12.2 Å². The Balaban J connectivity index is 1.47. The van der Waals surface area contributed by atoms with Crippen LogP contribution in [0.4, 0.5) is 5.69 Å². The van der Waals surface area contributed by atoms with Gasteiger partial charge in [0.1, 0.15) is 5.75 Å². The molecule has 2 aliphatic heterocycles. The lowest BCUT2D eigenvalue weighted by Crippen LogP contribution is -2.41. The van der Waals surface area contributed by atoms with Gasteiger partial charge in [-0.25, -0.2) is 0 Å². The van der Waals surface area contributed by atoms with Crippen LogP contribution in [0.3, 0.4) is 0 Å². The molecule has 26 heavy (non-hydrogen) atoms. The Morgan fingerprint density at radius 1 is 1.19 bits per heavy atom. The van der Waals surface area contributed by atoms with E-state index in [0.29, 0.717) is 43.6 Å². The fraction of sp³-hybridized carbons (Fsp3) is 0.316. The normalized spacial score (nSPS) is 17.8. The van der Waals surface area contributed by atoms with E-state index in [1.165, 1.54) is 0 Å². The Kier molecular flexibility index (Phi) is 4.92. The summed E-state index contributed by atoms with van der Waals surface area (Å²) in [4.78, 5) is 14.7. The predicted octanol–water partition coefficient (Wildman–Crippen LogP) is 4.12. The molecule has 7 heteroatoms. The molecule has 1 amide bonds. The van der Waals surface area contributed by atoms with E-state index in [0.717, 1.165) is 15.7 Å². The molecular weight excluding hydrogens is 422 g/mol. The number of benzene rings is 2. The van der Waals surface area contributed by atoms with Crippen LogP contribution in [0.15, 0.2) is 46.9 Å². The summed E-state index contributed by atoms with van der Waals surface area (Å²) in [6, 6.07) is 13.0. The molecule has 0 unspecified atom stereocenters. The molecule has 2 aromatic rings. The molecule has 0 bridgehead atoms. The van der Waals surface area contributed by atoms with Crippen LogP contribution in [0, 0.1) is 0 Å². The van der Waals surface area contributed by atoms with Crippen LogP contribution in [0.5, 0.6) is 5.75 Å². The number of hydrogen-bond donors (Lipinski definition) is 0. The molecular formula is C19H17BrClNO4. The van der Waals surface area contributed by atoms with Crippen molar-refractivity contribution in [3.8, 4) is 5.75 Å². The minimum atomic E-state index is -1.30. The number of halogens is 2. The fourth-order valence-corrected chi connectivity index (χ4v) is 3.84. The quantitative estimate of drug-likeness (QED) is 0.659. The maximum Gasteiger partial charge on any atom is 0.292 e. The van der Waals surface area contributed by atoms with Gasteiger partial charge in [0.2, 0.25) is 0 Å². The van der Waals surface area contributed by atoms with Gasteiger partial charge in [-0.1, -0.05) is 39.7 Å². The Hall–Kier alpha value is -1.60. The highest BCUT2D eigenvalue weighted by molar-refractivity contribution is 9.10. The van der Waals surface area contributed by atoms with Crippen LogP contribution in [-0.2, 0) is 20.1 Å². The zero-order valence-corrected chi connectivity index (χ0v) is 16.3. The largest absolute Gasteiger partial charge is 0.492 e. The summed E-state index contributed by atoms with van der Waals surface area (Å²) in [5.74, 6) is -0.839. The number of fused-ring (bicyclic) bond motifs is 2. The Morgan fingerprint density at radius 2 is 1.96 bits per heavy atom. The highest BCUT2D eigenvalue weighted by Crippen LogP contribution is 2.46. The number of ether oxygens (including phenoxy) is 3. The van der Waals surface area contributed by atoms with Gasteiger partial charge in [-0.05, 0) is 36.8 Å². The Labute approximate surface area is 164 Å². The monoisotopic (exact) mass is 437 g/mol. The van der Waals surface area contributed by atoms with E-state index in [-0.39, 0.29) is 5.91 Å². The van der Waals surface area contributed by atoms with Crippen molar-refractivity contribution < 1.29 is 19.0 Å². The summed E-state index contributed by atoms with van der Waals surface area (Å²) in [5.41, 5.74) is 1.57. The van der Waals surface area contributed by atoms with Gasteiger partial charge in [-0.15, -0.1) is 0 Å². The van der Waals surface area contributed by atoms with Crippen LogP contribution in [0.25, 0.3) is 0 Å². The number of hydrogen-bond acceptors (Lipinski definition) is 4. The lowest BCUT2D eigenvalue weighted by atomic mass is 10.1. The summed E-state index contributed by atoms with van der Waals surface area (Å²) >= 11 is 9.55. The van der Waals surface area contributed by atoms with Crippen molar-refractivity contribution in [2.75, 3.05) is 31.3 Å². The third-order valence-corrected chi connectivity index (χ3v) is 5.25. The number of para-hydroxylation sites is 1. The lowest BCUT2D eigenvalue weighted by molar-refractivity contribution is -0.180. The average Bonchev–Trinajstić information content (AvgIpc) is 3.21. The number of rotatable bonds is 5. The first-order valence-corrected chi connectivity index (χ1v) is 9.56. The van der Waals surface area contributed by atoms with Crippen LogP contribution < -0.4 is 9.64 Å². The van der Waals surface area contributed by atoms with Gasteiger partial charge in [-0.2, -0.15) is 0 Å². The van der Waals surface area contributed by atoms with Gasteiger partial charge in [-0.3, -0.25) is 4.79 Å². The second-order valence-electron chi connectivity index (χ2n) is 6.06. The highest BCUT2D eigenvalue weighted by Gasteiger charge is 2.55. The standard InChI is InChI=1S/C19H17BrClNO4/c20-13-6-7-16-14(12-13)19(25-10-11-26-19)18(23)22(16)8-3-9-24-17-5-2-1-4-15(17)21/h1-2,4-7,12H,3,8-11H2. The fourth-order valence-electron chi connectivity index (χ4n) is 3.29. The third-order valence-electron chi connectivity index (χ3n) is 4.44. The molecule has 136 valence electrons. The van der Waals surface area contributed by atoms with Crippen LogP contribution in [0.1, 0.15) is 12.0 Å². The minimum Gasteiger partial charge on any atom is -0.492 e. The molecule has 0 atom stereocenters. The zero-order chi connectivity index (χ0) is 18.1. The van der Waals surface area contributed by atoms with Gasteiger partial charge in [0, 0.05) is 16.6 Å². The second-order valence-corrected chi connectivity index (χ2v) is 7.39. The number of anilines is 1. The van der Waals surface area contributed by atoms with Crippen LogP contribution in [-0.4, -0.2) is 32.3 Å². The molecule has 5 nitrogen and oxygen atoms in total. The van der Waals surface area contributed by atoms with E-state index < -0.39 is 5.79 Å². The second kappa shape index (κ2) is 7.19. The minimum absolute atomic E-state index is 0.180. The van der Waals surface area contributed by atoms with E-state index in [2.05, 4.69) is 15.9 Å². The van der Waals surface area contributed by atoms with E-state index >= 15 is 0 Å². The summed E-state index contributed by atoms with van der Waals surface area (Å²) in [7, 11) is 0. The van der Waals surface area contributed by atoms with E-state index in [9.17, 15) is 4.79 Å². The number of carbonyl (C=O) groups is 1. The van der Waals surface area contributed by atoms with Gasteiger partial charge < -0.3 is 19.1 Å². The molecule has 1 spiro atoms. The number of amides is 1. The number of nitrogens with zero attached hydrogens (tertiary/aromatic N) is 1. The Morgan fingerprint density at radius 3 is 2.73 bits per heavy atom. The zero-order valence-electron chi connectivity index (χ0n) is 13.9. The van der Waals surface area contributed by atoms with E-state index in [1.54, 1.807) is 11.0 Å². The first kappa shape index (κ1) is 17.8. The molecule has 1 fully saturated rings. The van der Waals surface area contributed by atoms with Crippen molar-refractivity contribution in [3.63, 3.8) is 0 Å². The smallest absolute Gasteiger partial charge is 0.292 e. The molecule has 0 aliphatic carbocycles. The summed E-state index contributed by atoms with van der Waals surface area (Å²) < 4.78 is 18.1. The van der Waals surface area contributed by atoms with Gasteiger partial charge in [0.25, 0.3) is 11.7 Å². The Bertz CT molecular complexity index is 838. The third kappa shape index (κ3) is 3.01. The van der Waals surface area contributed by atoms with Crippen molar-refractivity contribution >= 4 is 39.1 Å². The molecule has 2 heterocycles. The van der Waals surface area contributed by atoms with E-state index in [4.69, 9.17) is 25.8 Å². The van der Waals surface area contributed by atoms with Crippen molar-refractivity contribution in [3.05, 3.63) is 57.5 Å². The maximum absolute atomic E-state index is 13.0. The summed E-state index contributed by atoms with van der Waals surface area (Å²) in [6.45, 7) is 1.77. The molecule has 0 saturated carbocycles. The predicted molar refractivity (Wildman–Crippen MR) is 102 cm³/mol. The summed E-state index contributed by atoms with van der Waals surface area (Å²) in [5, 5.41) is 0.576. The van der Waals surface area contributed by atoms with Crippen LogP contribution >= 0.6 is 27.5 Å². The highest BCUT2D eigenvalue weighted by atomic mass is 79.9. The van der Waals surface area contributed by atoms with Crippen molar-refractivity contribution in [1.29, 1.82) is 0 Å². The molecule has 0 radical (unpaired) electrons. The molecule has 4 rings (SSSR count). The molecule has 2 aromatic carbocycles. The maximum atomic E-state index is 13.0. The molecule has 1 saturated heterocycles. The first-order valence-electron chi connectivity index (χ1n) is 8.39. The topological polar surface area (TPSA) is 48.0 Å². The van der Waals surface area contributed by atoms with Crippen molar-refractivity contribution in [1.82, 2.24) is 0 Å². The molecule has 0 N–H and O–H groups in total.